The molecule has 1 spiro atoms. The van der Waals surface area contributed by atoms with Gasteiger partial charge < -0.3 is 26.4 Å². The highest BCUT2D eigenvalue weighted by Gasteiger charge is 2.66. The van der Waals surface area contributed by atoms with Crippen LogP contribution in [0.2, 0.25) is 10.0 Å². The molecule has 0 bridgehead atoms. The number of halogens is 6. The van der Waals surface area contributed by atoms with E-state index >= 15 is 4.39 Å². The second-order valence-electron chi connectivity index (χ2n) is 10.8. The molecule has 1 saturated heterocycles. The van der Waals surface area contributed by atoms with E-state index in [4.69, 9.17) is 33.7 Å². The lowest BCUT2D eigenvalue weighted by atomic mass is 9.63. The molecule has 0 aromatic heterocycles. The summed E-state index contributed by atoms with van der Waals surface area (Å²) in [5.41, 5.74) is 3.97. The Morgan fingerprint density at radius 3 is 2.52 bits per heavy atom. The zero-order valence-corrected chi connectivity index (χ0v) is 24.7. The molecular weight excluding hydrogens is 627 g/mol. The number of hydrogen-bond acceptors (Lipinski definition) is 5. The van der Waals surface area contributed by atoms with Crippen LogP contribution in [0.25, 0.3) is 0 Å². The maximum absolute atomic E-state index is 15.9. The van der Waals surface area contributed by atoms with Crippen molar-refractivity contribution < 1.29 is 36.7 Å². The zero-order valence-electron chi connectivity index (χ0n) is 23.2. The van der Waals surface area contributed by atoms with E-state index < -0.39 is 65.5 Å². The molecule has 5 atom stereocenters. The van der Waals surface area contributed by atoms with Gasteiger partial charge in [0.1, 0.15) is 17.0 Å². The minimum Gasteiger partial charge on any atom is -0.495 e. The fourth-order valence-electron chi connectivity index (χ4n) is 6.22. The van der Waals surface area contributed by atoms with Crippen molar-refractivity contribution in [3.8, 4) is 5.75 Å². The van der Waals surface area contributed by atoms with E-state index in [2.05, 4.69) is 16.0 Å². The summed E-state index contributed by atoms with van der Waals surface area (Å²) in [6.45, 7) is 0.971. The Balaban J connectivity index is 1.70. The van der Waals surface area contributed by atoms with Gasteiger partial charge in [-0.05, 0) is 53.9 Å². The maximum Gasteiger partial charge on any atom is 0.391 e. The molecule has 2 heterocycles. The zero-order chi connectivity index (χ0) is 32.1. The number of carbonyl (C=O) groups is 3. The van der Waals surface area contributed by atoms with Gasteiger partial charge in [0.05, 0.1) is 29.8 Å². The Labute approximate surface area is 259 Å². The van der Waals surface area contributed by atoms with Crippen LogP contribution in [0.5, 0.6) is 5.75 Å². The van der Waals surface area contributed by atoms with Gasteiger partial charge in [0, 0.05) is 28.2 Å². The molecule has 5 N–H and O–H groups in total. The molecule has 5 rings (SSSR count). The first-order chi connectivity index (χ1) is 20.7. The van der Waals surface area contributed by atoms with E-state index in [1.807, 2.05) is 0 Å². The number of benzene rings is 3. The lowest BCUT2D eigenvalue weighted by Crippen LogP contribution is -2.49. The number of nitrogens with one attached hydrogen (secondary N) is 3. The summed E-state index contributed by atoms with van der Waals surface area (Å²) in [4.78, 5) is 39.8. The van der Waals surface area contributed by atoms with Gasteiger partial charge in [0.25, 0.3) is 0 Å². The summed E-state index contributed by atoms with van der Waals surface area (Å²) in [6, 6.07) is 9.69. The fourth-order valence-corrected chi connectivity index (χ4v) is 6.57. The highest BCUT2D eigenvalue weighted by molar-refractivity contribution is 6.31. The van der Waals surface area contributed by atoms with Crippen LogP contribution in [0.3, 0.4) is 0 Å². The van der Waals surface area contributed by atoms with Gasteiger partial charge in [-0.25, -0.2) is 4.39 Å². The molecule has 44 heavy (non-hydrogen) atoms. The van der Waals surface area contributed by atoms with E-state index in [0.29, 0.717) is 0 Å². The number of carbonyl (C=O) groups excluding carboxylic acids is 3. The number of ether oxygens (including phenoxy) is 1. The van der Waals surface area contributed by atoms with Crippen LogP contribution >= 0.6 is 23.2 Å². The van der Waals surface area contributed by atoms with Crippen LogP contribution in [-0.2, 0) is 15.0 Å². The molecule has 1 fully saturated rings. The predicted octanol–water partition coefficient (Wildman–Crippen LogP) is 5.78. The molecule has 0 unspecified atom stereocenters. The molecule has 2 aliphatic rings. The molecule has 2 aliphatic heterocycles. The Hall–Kier alpha value is -3.87. The minimum absolute atomic E-state index is 0.0636. The molecule has 232 valence electrons. The van der Waals surface area contributed by atoms with Crippen LogP contribution in [0.1, 0.15) is 40.7 Å². The monoisotopic (exact) mass is 652 g/mol. The largest absolute Gasteiger partial charge is 0.495 e. The number of primary amides is 1. The van der Waals surface area contributed by atoms with E-state index in [9.17, 15) is 27.6 Å². The van der Waals surface area contributed by atoms with Gasteiger partial charge in [-0.15, -0.1) is 0 Å². The summed E-state index contributed by atoms with van der Waals surface area (Å²) in [5, 5.41) is 8.26. The van der Waals surface area contributed by atoms with Gasteiger partial charge in [0.2, 0.25) is 17.7 Å². The number of nitrogens with two attached hydrogens (primary N) is 1. The van der Waals surface area contributed by atoms with E-state index in [1.54, 1.807) is 0 Å². The average Bonchev–Trinajstić information content (AvgIpc) is 3.44. The van der Waals surface area contributed by atoms with Crippen LogP contribution in [-0.4, -0.2) is 43.1 Å². The SMILES string of the molecule is COc1cc(C(N)=O)ccc1NC(=O)[C@@H]1N[C@@H](C[C@H](C)C(F)(F)F)[C@@]2(C(=O)Nc3cc(Cl)ccc32)[C@H]1c1cccc(Cl)c1F. The van der Waals surface area contributed by atoms with Gasteiger partial charge in [-0.2, -0.15) is 13.2 Å². The summed E-state index contributed by atoms with van der Waals surface area (Å²) in [5.74, 6) is -6.44. The van der Waals surface area contributed by atoms with Gasteiger partial charge in [-0.3, -0.25) is 14.4 Å². The Morgan fingerprint density at radius 1 is 1.14 bits per heavy atom. The van der Waals surface area contributed by atoms with Gasteiger partial charge in [0.15, 0.2) is 0 Å². The van der Waals surface area contributed by atoms with Crippen molar-refractivity contribution in [1.29, 1.82) is 0 Å². The summed E-state index contributed by atoms with van der Waals surface area (Å²) in [7, 11) is 1.29. The van der Waals surface area contributed by atoms with Crippen molar-refractivity contribution >= 4 is 52.3 Å². The lowest BCUT2D eigenvalue weighted by Gasteiger charge is -2.36. The van der Waals surface area contributed by atoms with Crippen molar-refractivity contribution in [1.82, 2.24) is 5.32 Å². The van der Waals surface area contributed by atoms with E-state index in [0.717, 1.165) is 6.92 Å². The molecule has 0 saturated carbocycles. The number of fused-ring (bicyclic) bond motifs is 2. The van der Waals surface area contributed by atoms with Gasteiger partial charge in [-0.1, -0.05) is 48.3 Å². The number of anilines is 2. The van der Waals surface area contributed by atoms with Crippen LogP contribution < -0.4 is 26.4 Å². The minimum atomic E-state index is -4.63. The Morgan fingerprint density at radius 2 is 1.86 bits per heavy atom. The molecule has 3 amide bonds. The fraction of sp³-hybridized carbons (Fsp3) is 0.300. The topological polar surface area (TPSA) is 123 Å². The summed E-state index contributed by atoms with van der Waals surface area (Å²) >= 11 is 12.3. The third kappa shape index (κ3) is 5.24. The number of amides is 3. The first-order valence-electron chi connectivity index (χ1n) is 13.4. The van der Waals surface area contributed by atoms with E-state index in [-0.39, 0.29) is 43.9 Å². The van der Waals surface area contributed by atoms with Crippen molar-refractivity contribution in [2.24, 2.45) is 11.7 Å². The highest BCUT2D eigenvalue weighted by atomic mass is 35.5. The molecule has 0 aliphatic carbocycles. The van der Waals surface area contributed by atoms with Crippen molar-refractivity contribution in [3.63, 3.8) is 0 Å². The van der Waals surface area contributed by atoms with Crippen molar-refractivity contribution in [2.75, 3.05) is 17.7 Å². The van der Waals surface area contributed by atoms with Gasteiger partial charge >= 0.3 is 6.18 Å². The third-order valence-corrected chi connectivity index (χ3v) is 8.82. The van der Waals surface area contributed by atoms with Crippen LogP contribution in [0.4, 0.5) is 28.9 Å². The maximum atomic E-state index is 15.9. The van der Waals surface area contributed by atoms with Crippen LogP contribution in [0.15, 0.2) is 54.6 Å². The molecule has 3 aromatic rings. The number of rotatable bonds is 7. The van der Waals surface area contributed by atoms with E-state index in [1.165, 1.54) is 61.7 Å². The van der Waals surface area contributed by atoms with Crippen molar-refractivity contribution in [2.45, 2.75) is 42.9 Å². The van der Waals surface area contributed by atoms with Crippen molar-refractivity contribution in [3.05, 3.63) is 87.2 Å². The quantitative estimate of drug-likeness (QED) is 0.241. The summed E-state index contributed by atoms with van der Waals surface area (Å²) < 4.78 is 62.9. The normalized spacial score (nSPS) is 23.3. The summed E-state index contributed by atoms with van der Waals surface area (Å²) in [6.07, 6.45) is -5.26. The molecule has 14 heteroatoms. The molecule has 0 radical (unpaired) electrons. The number of hydrogen-bond donors (Lipinski definition) is 4. The average molecular weight is 653 g/mol. The predicted molar refractivity (Wildman–Crippen MR) is 157 cm³/mol. The second kappa shape index (κ2) is 11.6. The lowest BCUT2D eigenvalue weighted by molar-refractivity contribution is -0.173. The molecular formula is C30H26Cl2F4N4O4. The Kier molecular flexibility index (Phi) is 8.29. The number of alkyl halides is 3. The van der Waals surface area contributed by atoms with Crippen LogP contribution in [0, 0.1) is 11.7 Å². The molecule has 8 nitrogen and oxygen atoms in total. The Bertz CT molecular complexity index is 1670. The second-order valence-corrected chi connectivity index (χ2v) is 11.6. The third-order valence-electron chi connectivity index (χ3n) is 8.30. The standard InChI is InChI=1S/C30H26Cl2F4N4O4/c1-13(30(34,35)36)10-22-29(17-8-7-15(31)12-20(17)39-28(29)43)23(16-4-3-5-18(32)24(16)33)25(40-22)27(42)38-19-9-6-14(26(37)41)11-21(19)44-2/h3-9,11-13,22-23,25,40H,10H2,1-2H3,(H2,37,41)(H,38,42)(H,39,43)/t13-,22-,23-,25+,29+/m0/s1. The first kappa shape index (κ1) is 31.6. The highest BCUT2D eigenvalue weighted by Crippen LogP contribution is 2.57. The molecule has 3 aromatic carbocycles. The first-order valence-corrected chi connectivity index (χ1v) is 14.1. The number of methoxy groups -OCH3 is 1. The smallest absolute Gasteiger partial charge is 0.391 e.